The molecule has 0 radical (unpaired) electrons. The Balaban J connectivity index is 1.91. The number of nitro groups is 1. The van der Waals surface area contributed by atoms with E-state index in [1.165, 1.54) is 18.2 Å². The first-order valence-electron chi connectivity index (χ1n) is 7.02. The number of halogens is 2. The summed E-state index contributed by atoms with van der Waals surface area (Å²) >= 11 is 11.7. The molecule has 2 aromatic rings. The largest absolute Gasteiger partial charge is 0.482 e. The second-order valence-electron chi connectivity index (χ2n) is 4.90. The number of amides is 1. The van der Waals surface area contributed by atoms with Gasteiger partial charge in [-0.3, -0.25) is 14.9 Å². The summed E-state index contributed by atoms with van der Waals surface area (Å²) in [6.07, 6.45) is 0. The number of hydrogen-bond acceptors (Lipinski definition) is 5. The normalized spacial score (nSPS) is 11.1. The molecular weight excluding hydrogens is 369 g/mol. The van der Waals surface area contributed by atoms with Crippen LogP contribution in [0.3, 0.4) is 0 Å². The van der Waals surface area contributed by atoms with Gasteiger partial charge in [-0.1, -0.05) is 23.2 Å². The lowest BCUT2D eigenvalue weighted by Gasteiger charge is -2.07. The molecule has 1 N–H and O–H groups in total. The van der Waals surface area contributed by atoms with Crippen LogP contribution in [0.4, 0.5) is 5.69 Å². The maximum Gasteiger partial charge on any atom is 0.277 e. The van der Waals surface area contributed by atoms with Crippen LogP contribution < -0.4 is 10.2 Å². The van der Waals surface area contributed by atoms with Crippen molar-refractivity contribution in [3.8, 4) is 5.75 Å². The lowest BCUT2D eigenvalue weighted by atomic mass is 10.1. The van der Waals surface area contributed by atoms with Gasteiger partial charge in [-0.15, -0.1) is 0 Å². The van der Waals surface area contributed by atoms with Gasteiger partial charge in [0.15, 0.2) is 6.61 Å². The van der Waals surface area contributed by atoms with E-state index in [9.17, 15) is 14.9 Å². The molecule has 0 spiro atoms. The van der Waals surface area contributed by atoms with Crippen molar-refractivity contribution in [1.29, 1.82) is 0 Å². The molecule has 7 nitrogen and oxygen atoms in total. The first-order chi connectivity index (χ1) is 11.9. The third-order valence-corrected chi connectivity index (χ3v) is 3.63. The Bertz CT molecular complexity index is 823. The van der Waals surface area contributed by atoms with Crippen LogP contribution >= 0.6 is 23.2 Å². The van der Waals surface area contributed by atoms with Crippen molar-refractivity contribution in [2.45, 2.75) is 6.92 Å². The van der Waals surface area contributed by atoms with E-state index in [4.69, 9.17) is 27.9 Å². The first kappa shape index (κ1) is 18.7. The zero-order chi connectivity index (χ0) is 18.4. The monoisotopic (exact) mass is 381 g/mol. The van der Waals surface area contributed by atoms with Gasteiger partial charge in [0, 0.05) is 17.2 Å². The van der Waals surface area contributed by atoms with Crippen molar-refractivity contribution in [3.63, 3.8) is 0 Å². The Kier molecular flexibility index (Phi) is 6.32. The van der Waals surface area contributed by atoms with Crippen LogP contribution in [0.15, 0.2) is 47.6 Å². The van der Waals surface area contributed by atoms with E-state index in [0.717, 1.165) is 0 Å². The molecule has 0 heterocycles. The molecule has 0 aromatic heterocycles. The smallest absolute Gasteiger partial charge is 0.277 e. The molecular formula is C16H13Cl2N3O4. The molecule has 25 heavy (non-hydrogen) atoms. The van der Waals surface area contributed by atoms with Crippen molar-refractivity contribution in [3.05, 3.63) is 68.2 Å². The standard InChI is InChI=1S/C16H13Cl2N3O4/c1-10(11-2-5-13(6-3-11)21(23)24)19-20-16(22)9-25-15-7-4-12(17)8-14(15)18/h2-8H,9H2,1H3,(H,20,22)/b19-10+. The van der Waals surface area contributed by atoms with E-state index in [2.05, 4.69) is 10.5 Å². The number of carbonyl (C=O) groups excluding carboxylic acids is 1. The lowest BCUT2D eigenvalue weighted by Crippen LogP contribution is -2.25. The molecule has 130 valence electrons. The van der Waals surface area contributed by atoms with Crippen molar-refractivity contribution in [2.24, 2.45) is 5.10 Å². The number of hydrazone groups is 1. The summed E-state index contributed by atoms with van der Waals surface area (Å²) in [6.45, 7) is 1.39. The van der Waals surface area contributed by atoms with Gasteiger partial charge in [0.05, 0.1) is 15.7 Å². The van der Waals surface area contributed by atoms with E-state index in [1.807, 2.05) is 0 Å². The van der Waals surface area contributed by atoms with Gasteiger partial charge in [0.25, 0.3) is 11.6 Å². The molecule has 2 aromatic carbocycles. The number of nitro benzene ring substituents is 1. The Morgan fingerprint density at radius 1 is 1.24 bits per heavy atom. The summed E-state index contributed by atoms with van der Waals surface area (Å²) in [5.74, 6) is -0.149. The Hall–Kier alpha value is -2.64. The number of rotatable bonds is 6. The first-order valence-corrected chi connectivity index (χ1v) is 7.78. The summed E-state index contributed by atoms with van der Waals surface area (Å²) in [4.78, 5) is 21.9. The topological polar surface area (TPSA) is 93.8 Å². The van der Waals surface area contributed by atoms with E-state index >= 15 is 0 Å². The molecule has 9 heteroatoms. The van der Waals surface area contributed by atoms with Crippen LogP contribution in [-0.4, -0.2) is 23.1 Å². The highest BCUT2D eigenvalue weighted by Gasteiger charge is 2.08. The van der Waals surface area contributed by atoms with E-state index in [-0.39, 0.29) is 12.3 Å². The highest BCUT2D eigenvalue weighted by atomic mass is 35.5. The van der Waals surface area contributed by atoms with Crippen LogP contribution in [0, 0.1) is 10.1 Å². The number of hydrogen-bond donors (Lipinski definition) is 1. The second kappa shape index (κ2) is 8.46. The van der Waals surface area contributed by atoms with Gasteiger partial charge in [0.1, 0.15) is 5.75 Å². The average Bonchev–Trinajstić information content (AvgIpc) is 2.59. The van der Waals surface area contributed by atoms with Gasteiger partial charge in [-0.25, -0.2) is 5.43 Å². The number of benzene rings is 2. The summed E-state index contributed by atoms with van der Waals surface area (Å²) in [6, 6.07) is 10.5. The van der Waals surface area contributed by atoms with Crippen LogP contribution in [0.2, 0.25) is 10.0 Å². The predicted octanol–water partition coefficient (Wildman–Crippen LogP) is 3.82. The number of ether oxygens (including phenoxy) is 1. The number of nitrogens with one attached hydrogen (secondary N) is 1. The quantitative estimate of drug-likeness (QED) is 0.467. The fourth-order valence-corrected chi connectivity index (χ4v) is 2.27. The Morgan fingerprint density at radius 2 is 1.92 bits per heavy atom. The zero-order valence-corrected chi connectivity index (χ0v) is 14.5. The molecule has 1 amide bonds. The third-order valence-electron chi connectivity index (χ3n) is 3.10. The molecule has 0 saturated carbocycles. The van der Waals surface area contributed by atoms with Gasteiger partial charge in [-0.2, -0.15) is 5.10 Å². The summed E-state index contributed by atoms with van der Waals surface area (Å²) in [7, 11) is 0. The fraction of sp³-hybridized carbons (Fsp3) is 0.125. The lowest BCUT2D eigenvalue weighted by molar-refractivity contribution is -0.384. The summed E-state index contributed by atoms with van der Waals surface area (Å²) in [5.41, 5.74) is 3.46. The van der Waals surface area contributed by atoms with Crippen molar-refractivity contribution in [1.82, 2.24) is 5.43 Å². The SMILES string of the molecule is C/C(=N\NC(=O)COc1ccc(Cl)cc1Cl)c1ccc([N+](=O)[O-])cc1. The summed E-state index contributed by atoms with van der Waals surface area (Å²) < 4.78 is 5.29. The molecule has 0 unspecified atom stereocenters. The molecule has 2 rings (SSSR count). The minimum absolute atomic E-state index is 0.0196. The summed E-state index contributed by atoms with van der Waals surface area (Å²) in [5, 5.41) is 15.3. The predicted molar refractivity (Wildman–Crippen MR) is 95.4 cm³/mol. The zero-order valence-electron chi connectivity index (χ0n) is 13.0. The van der Waals surface area contributed by atoms with E-state index < -0.39 is 10.8 Å². The maximum atomic E-state index is 11.8. The molecule has 0 fully saturated rings. The molecule has 0 aliphatic rings. The highest BCUT2D eigenvalue weighted by molar-refractivity contribution is 6.35. The fourth-order valence-electron chi connectivity index (χ4n) is 1.80. The number of nitrogens with zero attached hydrogens (tertiary/aromatic N) is 2. The van der Waals surface area contributed by atoms with Crippen molar-refractivity contribution in [2.75, 3.05) is 6.61 Å². The number of carbonyl (C=O) groups is 1. The maximum absolute atomic E-state index is 11.8. The average molecular weight is 382 g/mol. The third kappa shape index (κ3) is 5.44. The van der Waals surface area contributed by atoms with Gasteiger partial charge in [0.2, 0.25) is 0 Å². The molecule has 0 atom stereocenters. The Morgan fingerprint density at radius 3 is 2.52 bits per heavy atom. The van der Waals surface area contributed by atoms with Gasteiger partial charge in [-0.05, 0) is 42.8 Å². The number of non-ortho nitro benzene ring substituents is 1. The molecule has 0 aliphatic carbocycles. The van der Waals surface area contributed by atoms with Crippen LogP contribution in [0.25, 0.3) is 0 Å². The van der Waals surface area contributed by atoms with Gasteiger partial charge < -0.3 is 4.74 Å². The van der Waals surface area contributed by atoms with Crippen LogP contribution in [0.5, 0.6) is 5.75 Å². The van der Waals surface area contributed by atoms with Gasteiger partial charge >= 0.3 is 0 Å². The molecule has 0 bridgehead atoms. The van der Waals surface area contributed by atoms with Crippen molar-refractivity contribution < 1.29 is 14.5 Å². The minimum Gasteiger partial charge on any atom is -0.482 e. The minimum atomic E-state index is -0.489. The van der Waals surface area contributed by atoms with Crippen LogP contribution in [0.1, 0.15) is 12.5 Å². The van der Waals surface area contributed by atoms with Crippen molar-refractivity contribution >= 4 is 40.5 Å². The molecule has 0 saturated heterocycles. The molecule has 0 aliphatic heterocycles. The van der Waals surface area contributed by atoms with E-state index in [0.29, 0.717) is 27.1 Å². The van der Waals surface area contributed by atoms with E-state index in [1.54, 1.807) is 31.2 Å². The second-order valence-corrected chi connectivity index (χ2v) is 5.74. The highest BCUT2D eigenvalue weighted by Crippen LogP contribution is 2.27. The Labute approximate surface area is 153 Å². The van der Waals surface area contributed by atoms with Crippen LogP contribution in [-0.2, 0) is 4.79 Å².